The maximum absolute atomic E-state index is 11.8. The molecule has 1 aromatic rings. The third-order valence-corrected chi connectivity index (χ3v) is 4.55. The largest absolute Gasteiger partial charge is 0.271 e. The Balaban J connectivity index is 1.56. The van der Waals surface area contributed by atoms with Crippen LogP contribution in [0.25, 0.3) is 0 Å². The van der Waals surface area contributed by atoms with E-state index in [1.807, 2.05) is 6.21 Å². The van der Waals surface area contributed by atoms with Gasteiger partial charge in [-0.1, -0.05) is 24.1 Å². The monoisotopic (exact) mass is 276 g/mol. The number of carbonyl (C=O) groups excluding carboxylic acids is 1. The minimum Gasteiger partial charge on any atom is -0.267 e. The third-order valence-electron chi connectivity index (χ3n) is 4.31. The highest BCUT2D eigenvalue weighted by Gasteiger charge is 2.38. The molecular formula is C15H17ClN2O. The van der Waals surface area contributed by atoms with Crippen molar-refractivity contribution in [1.82, 2.24) is 5.43 Å². The topological polar surface area (TPSA) is 41.5 Å². The van der Waals surface area contributed by atoms with Crippen LogP contribution in [0.1, 0.15) is 36.0 Å². The lowest BCUT2D eigenvalue weighted by Crippen LogP contribution is -2.20. The fourth-order valence-electron chi connectivity index (χ4n) is 3.36. The van der Waals surface area contributed by atoms with Gasteiger partial charge in [0.2, 0.25) is 0 Å². The molecule has 0 spiro atoms. The standard InChI is InChI=1S/C15H17ClN2O/c16-14-3-1-2-12(8-14)15(19)18-17-9-13-7-10-4-5-11(13)6-10/h1-3,8-11,13H,4-7H2,(H,18,19)/b17-9+. The number of rotatable bonds is 3. The summed E-state index contributed by atoms with van der Waals surface area (Å²) >= 11 is 5.85. The molecule has 3 atom stereocenters. The van der Waals surface area contributed by atoms with Gasteiger partial charge in [-0.25, -0.2) is 5.43 Å². The highest BCUT2D eigenvalue weighted by atomic mass is 35.5. The van der Waals surface area contributed by atoms with Gasteiger partial charge in [0.25, 0.3) is 5.91 Å². The first kappa shape index (κ1) is 12.7. The van der Waals surface area contributed by atoms with E-state index in [1.165, 1.54) is 25.7 Å². The molecule has 100 valence electrons. The number of fused-ring (bicyclic) bond motifs is 2. The van der Waals surface area contributed by atoms with Gasteiger partial charge in [0.15, 0.2) is 0 Å². The van der Waals surface area contributed by atoms with E-state index in [4.69, 9.17) is 11.6 Å². The Hall–Kier alpha value is -1.35. The van der Waals surface area contributed by atoms with Crippen LogP contribution < -0.4 is 5.43 Å². The number of halogens is 1. The van der Waals surface area contributed by atoms with Crippen molar-refractivity contribution >= 4 is 23.7 Å². The minimum absolute atomic E-state index is 0.207. The van der Waals surface area contributed by atoms with E-state index in [0.29, 0.717) is 16.5 Å². The van der Waals surface area contributed by atoms with Crippen molar-refractivity contribution in [3.05, 3.63) is 34.9 Å². The molecule has 3 unspecified atom stereocenters. The quantitative estimate of drug-likeness (QED) is 0.666. The van der Waals surface area contributed by atoms with Crippen LogP contribution >= 0.6 is 11.6 Å². The number of hydrogen-bond donors (Lipinski definition) is 1. The summed E-state index contributed by atoms with van der Waals surface area (Å²) < 4.78 is 0. The zero-order valence-corrected chi connectivity index (χ0v) is 11.4. The molecule has 0 saturated heterocycles. The van der Waals surface area contributed by atoms with Crippen LogP contribution in [0, 0.1) is 17.8 Å². The molecule has 3 rings (SSSR count). The first-order valence-corrected chi connectivity index (χ1v) is 7.19. The maximum Gasteiger partial charge on any atom is 0.271 e. The predicted octanol–water partition coefficient (Wildman–Crippen LogP) is 3.49. The normalized spacial score (nSPS) is 29.0. The third kappa shape index (κ3) is 2.81. The molecule has 1 amide bonds. The number of hydrogen-bond acceptors (Lipinski definition) is 2. The molecule has 2 fully saturated rings. The molecule has 1 aromatic carbocycles. The molecule has 0 aromatic heterocycles. The van der Waals surface area contributed by atoms with E-state index < -0.39 is 0 Å². The van der Waals surface area contributed by atoms with Crippen molar-refractivity contribution in [2.75, 3.05) is 0 Å². The van der Waals surface area contributed by atoms with Gasteiger partial charge in [0.05, 0.1) is 0 Å². The highest BCUT2D eigenvalue weighted by Crippen LogP contribution is 2.47. The predicted molar refractivity (Wildman–Crippen MR) is 76.3 cm³/mol. The van der Waals surface area contributed by atoms with Crippen molar-refractivity contribution in [2.24, 2.45) is 22.9 Å². The van der Waals surface area contributed by atoms with Gasteiger partial charge in [-0.15, -0.1) is 0 Å². The van der Waals surface area contributed by atoms with Crippen LogP contribution in [-0.4, -0.2) is 12.1 Å². The van der Waals surface area contributed by atoms with E-state index in [0.717, 1.165) is 11.8 Å². The highest BCUT2D eigenvalue weighted by molar-refractivity contribution is 6.30. The number of amides is 1. The minimum atomic E-state index is -0.207. The molecule has 0 heterocycles. The fourth-order valence-corrected chi connectivity index (χ4v) is 3.55. The van der Waals surface area contributed by atoms with Crippen LogP contribution in [0.3, 0.4) is 0 Å². The van der Waals surface area contributed by atoms with Crippen LogP contribution in [0.5, 0.6) is 0 Å². The molecule has 0 aliphatic heterocycles. The lowest BCUT2D eigenvalue weighted by Gasteiger charge is -2.16. The Bertz CT molecular complexity index is 515. The van der Waals surface area contributed by atoms with Gasteiger partial charge in [0.1, 0.15) is 0 Å². The summed E-state index contributed by atoms with van der Waals surface area (Å²) in [4.78, 5) is 11.8. The molecule has 4 heteroatoms. The fraction of sp³-hybridized carbons (Fsp3) is 0.467. The van der Waals surface area contributed by atoms with E-state index in [1.54, 1.807) is 24.3 Å². The second kappa shape index (κ2) is 5.33. The Labute approximate surface area is 118 Å². The van der Waals surface area contributed by atoms with Crippen molar-refractivity contribution in [3.8, 4) is 0 Å². The molecule has 2 aliphatic rings. The Kier molecular flexibility index (Phi) is 3.56. The molecule has 2 aliphatic carbocycles. The van der Waals surface area contributed by atoms with Crippen LogP contribution in [0.4, 0.5) is 0 Å². The van der Waals surface area contributed by atoms with Gasteiger partial charge >= 0.3 is 0 Å². The smallest absolute Gasteiger partial charge is 0.267 e. The molecule has 2 saturated carbocycles. The zero-order valence-electron chi connectivity index (χ0n) is 10.7. The number of benzene rings is 1. The molecular weight excluding hydrogens is 260 g/mol. The van der Waals surface area contributed by atoms with Crippen LogP contribution in [0.15, 0.2) is 29.4 Å². The molecule has 19 heavy (non-hydrogen) atoms. The van der Waals surface area contributed by atoms with Crippen LogP contribution in [-0.2, 0) is 0 Å². The number of nitrogens with zero attached hydrogens (tertiary/aromatic N) is 1. The van der Waals surface area contributed by atoms with Crippen molar-refractivity contribution in [3.63, 3.8) is 0 Å². The lowest BCUT2D eigenvalue weighted by atomic mass is 9.90. The summed E-state index contributed by atoms with van der Waals surface area (Å²) in [7, 11) is 0. The van der Waals surface area contributed by atoms with E-state index >= 15 is 0 Å². The first-order chi connectivity index (χ1) is 9.22. The second-order valence-corrected chi connectivity index (χ2v) is 6.00. The number of hydrazone groups is 1. The Morgan fingerprint density at radius 1 is 1.37 bits per heavy atom. The van der Waals surface area contributed by atoms with Crippen LogP contribution in [0.2, 0.25) is 5.02 Å². The average molecular weight is 277 g/mol. The molecule has 1 N–H and O–H groups in total. The summed E-state index contributed by atoms with van der Waals surface area (Å²) in [6.07, 6.45) is 7.21. The van der Waals surface area contributed by atoms with Crippen molar-refractivity contribution in [2.45, 2.75) is 25.7 Å². The van der Waals surface area contributed by atoms with Gasteiger partial charge < -0.3 is 0 Å². The first-order valence-electron chi connectivity index (χ1n) is 6.81. The lowest BCUT2D eigenvalue weighted by molar-refractivity contribution is 0.0955. The molecule has 0 radical (unpaired) electrons. The number of carbonyl (C=O) groups is 1. The summed E-state index contributed by atoms with van der Waals surface area (Å²) in [5.41, 5.74) is 3.12. The van der Waals surface area contributed by atoms with Crippen molar-refractivity contribution < 1.29 is 4.79 Å². The zero-order chi connectivity index (χ0) is 13.2. The van der Waals surface area contributed by atoms with Crippen molar-refractivity contribution in [1.29, 1.82) is 0 Å². The van der Waals surface area contributed by atoms with E-state index in [-0.39, 0.29) is 5.91 Å². The summed E-state index contributed by atoms with van der Waals surface area (Å²) in [5, 5.41) is 4.67. The second-order valence-electron chi connectivity index (χ2n) is 5.57. The summed E-state index contributed by atoms with van der Waals surface area (Å²) in [6, 6.07) is 6.88. The average Bonchev–Trinajstić information content (AvgIpc) is 3.01. The molecule has 2 bridgehead atoms. The van der Waals surface area contributed by atoms with Gasteiger partial charge in [-0.2, -0.15) is 5.10 Å². The molecule has 3 nitrogen and oxygen atoms in total. The van der Waals surface area contributed by atoms with E-state index in [9.17, 15) is 4.79 Å². The van der Waals surface area contributed by atoms with Gasteiger partial charge in [0, 0.05) is 16.8 Å². The summed E-state index contributed by atoms with van der Waals surface area (Å²) in [6.45, 7) is 0. The maximum atomic E-state index is 11.8. The Morgan fingerprint density at radius 3 is 2.95 bits per heavy atom. The number of nitrogens with one attached hydrogen (secondary N) is 1. The SMILES string of the molecule is O=C(N/N=C/C1CC2CCC1C2)c1cccc(Cl)c1. The van der Waals surface area contributed by atoms with Gasteiger partial charge in [-0.05, 0) is 55.2 Å². The van der Waals surface area contributed by atoms with E-state index in [2.05, 4.69) is 10.5 Å². The van der Waals surface area contributed by atoms with Gasteiger partial charge in [-0.3, -0.25) is 4.79 Å². The Morgan fingerprint density at radius 2 is 2.26 bits per heavy atom. The summed E-state index contributed by atoms with van der Waals surface area (Å²) in [5.74, 6) is 2.03.